The Kier molecular flexibility index (Phi) is 3.81. The Morgan fingerprint density at radius 1 is 1.26 bits per heavy atom. The molecule has 0 saturated carbocycles. The van der Waals surface area contributed by atoms with Gasteiger partial charge in [-0.25, -0.2) is 9.97 Å². The Hall–Kier alpha value is -1.94. The van der Waals surface area contributed by atoms with Gasteiger partial charge >= 0.3 is 0 Å². The smallest absolute Gasteiger partial charge is 0.163 e. The summed E-state index contributed by atoms with van der Waals surface area (Å²) in [6.45, 7) is 5.90. The van der Waals surface area contributed by atoms with Gasteiger partial charge in [0.05, 0.1) is 12.7 Å². The molecule has 4 heteroatoms. The second-order valence-electron chi connectivity index (χ2n) is 4.73. The number of nitrogens with two attached hydrogens (primary N) is 1. The van der Waals surface area contributed by atoms with Gasteiger partial charge in [-0.3, -0.25) is 0 Å². The number of methoxy groups -OCH3 is 1. The van der Waals surface area contributed by atoms with Crippen LogP contribution in [0.15, 0.2) is 24.4 Å². The van der Waals surface area contributed by atoms with E-state index in [-0.39, 0.29) is 6.04 Å². The number of aromatic nitrogens is 2. The van der Waals surface area contributed by atoms with Crippen LogP contribution < -0.4 is 10.5 Å². The van der Waals surface area contributed by atoms with Gasteiger partial charge in [-0.1, -0.05) is 6.07 Å². The quantitative estimate of drug-likeness (QED) is 0.918. The van der Waals surface area contributed by atoms with Crippen LogP contribution in [-0.2, 0) is 0 Å². The molecule has 0 amide bonds. The van der Waals surface area contributed by atoms with E-state index < -0.39 is 0 Å². The van der Waals surface area contributed by atoms with Crippen LogP contribution in [0.25, 0.3) is 11.4 Å². The van der Waals surface area contributed by atoms with Crippen molar-refractivity contribution in [2.75, 3.05) is 7.11 Å². The molecule has 4 nitrogen and oxygen atoms in total. The van der Waals surface area contributed by atoms with Crippen molar-refractivity contribution >= 4 is 0 Å². The van der Waals surface area contributed by atoms with Crippen molar-refractivity contribution in [3.63, 3.8) is 0 Å². The van der Waals surface area contributed by atoms with Gasteiger partial charge in [-0.2, -0.15) is 0 Å². The Balaban J connectivity index is 2.51. The summed E-state index contributed by atoms with van der Waals surface area (Å²) < 4.78 is 5.39. The maximum Gasteiger partial charge on any atom is 0.163 e. The lowest BCUT2D eigenvalue weighted by molar-refractivity contribution is 0.416. The first-order valence-corrected chi connectivity index (χ1v) is 6.27. The fourth-order valence-electron chi connectivity index (χ4n) is 2.04. The molecule has 1 heterocycles. The molecule has 0 bridgehead atoms. The third-order valence-electron chi connectivity index (χ3n) is 3.11. The molecule has 0 fully saturated rings. The van der Waals surface area contributed by atoms with E-state index in [0.29, 0.717) is 5.82 Å². The first kappa shape index (κ1) is 13.5. The Bertz CT molecular complexity index is 594. The number of benzene rings is 1. The van der Waals surface area contributed by atoms with Crippen LogP contribution in [-0.4, -0.2) is 17.1 Å². The Labute approximate surface area is 113 Å². The van der Waals surface area contributed by atoms with Crippen LogP contribution in [0.4, 0.5) is 0 Å². The molecule has 2 rings (SSSR count). The van der Waals surface area contributed by atoms with Crippen molar-refractivity contribution in [3.05, 3.63) is 41.2 Å². The predicted octanol–water partition coefficient (Wildman–Crippen LogP) is 2.79. The van der Waals surface area contributed by atoms with Gasteiger partial charge in [0.1, 0.15) is 5.75 Å². The standard InChI is InChI=1S/C15H19N3O/c1-9-5-6-12(14(7-9)19-4)15-17-8-13(10(2)16)11(3)18-15/h5-8,10H,16H2,1-4H3/t10-/m1/s1. The molecular weight excluding hydrogens is 238 g/mol. The van der Waals surface area contributed by atoms with E-state index in [1.807, 2.05) is 39.0 Å². The molecule has 19 heavy (non-hydrogen) atoms. The SMILES string of the molecule is COc1cc(C)ccc1-c1ncc([C@@H](C)N)c(C)n1. The summed E-state index contributed by atoms with van der Waals surface area (Å²) >= 11 is 0. The highest BCUT2D eigenvalue weighted by molar-refractivity contribution is 5.65. The highest BCUT2D eigenvalue weighted by atomic mass is 16.5. The number of nitrogens with zero attached hydrogens (tertiary/aromatic N) is 2. The average molecular weight is 257 g/mol. The highest BCUT2D eigenvalue weighted by Gasteiger charge is 2.12. The molecule has 2 N–H and O–H groups in total. The monoisotopic (exact) mass is 257 g/mol. The van der Waals surface area contributed by atoms with Crippen LogP contribution in [0.2, 0.25) is 0 Å². The fraction of sp³-hybridized carbons (Fsp3) is 0.333. The van der Waals surface area contributed by atoms with E-state index in [9.17, 15) is 0 Å². The lowest BCUT2D eigenvalue weighted by Gasteiger charge is -2.12. The second kappa shape index (κ2) is 5.36. The van der Waals surface area contributed by atoms with Crippen molar-refractivity contribution < 1.29 is 4.74 Å². The van der Waals surface area contributed by atoms with E-state index in [4.69, 9.17) is 10.5 Å². The summed E-state index contributed by atoms with van der Waals surface area (Å²) in [6.07, 6.45) is 1.79. The molecule has 0 unspecified atom stereocenters. The van der Waals surface area contributed by atoms with Crippen LogP contribution >= 0.6 is 0 Å². The summed E-state index contributed by atoms with van der Waals surface area (Å²) in [7, 11) is 1.65. The van der Waals surface area contributed by atoms with Crippen molar-refractivity contribution in [1.29, 1.82) is 0 Å². The van der Waals surface area contributed by atoms with E-state index in [1.54, 1.807) is 13.3 Å². The first-order chi connectivity index (χ1) is 9.02. The predicted molar refractivity (Wildman–Crippen MR) is 76.1 cm³/mol. The van der Waals surface area contributed by atoms with E-state index >= 15 is 0 Å². The van der Waals surface area contributed by atoms with Crippen LogP contribution in [0.5, 0.6) is 5.75 Å². The van der Waals surface area contributed by atoms with Gasteiger partial charge in [-0.05, 0) is 38.5 Å². The molecule has 0 aliphatic heterocycles. The summed E-state index contributed by atoms with van der Waals surface area (Å²) in [4.78, 5) is 8.93. The highest BCUT2D eigenvalue weighted by Crippen LogP contribution is 2.29. The van der Waals surface area contributed by atoms with Gasteiger partial charge in [0.2, 0.25) is 0 Å². The third kappa shape index (κ3) is 2.74. The molecule has 0 spiro atoms. The van der Waals surface area contributed by atoms with Crippen LogP contribution in [0, 0.1) is 13.8 Å². The van der Waals surface area contributed by atoms with Gasteiger partial charge in [0.25, 0.3) is 0 Å². The zero-order valence-electron chi connectivity index (χ0n) is 11.8. The lowest BCUT2D eigenvalue weighted by Crippen LogP contribution is -2.09. The molecule has 1 aromatic carbocycles. The summed E-state index contributed by atoms with van der Waals surface area (Å²) in [5.74, 6) is 1.45. The van der Waals surface area contributed by atoms with Crippen molar-refractivity contribution in [1.82, 2.24) is 9.97 Å². The van der Waals surface area contributed by atoms with Gasteiger partial charge in [0.15, 0.2) is 5.82 Å². The van der Waals surface area contributed by atoms with Gasteiger partial charge in [-0.15, -0.1) is 0 Å². The largest absolute Gasteiger partial charge is 0.496 e. The van der Waals surface area contributed by atoms with E-state index in [2.05, 4.69) is 9.97 Å². The number of ether oxygens (including phenoxy) is 1. The molecule has 2 aromatic rings. The molecule has 100 valence electrons. The molecule has 0 saturated heterocycles. The number of hydrogen-bond donors (Lipinski definition) is 1. The van der Waals surface area contributed by atoms with Gasteiger partial charge in [0, 0.05) is 23.5 Å². The molecule has 1 atom stereocenters. The summed E-state index contributed by atoms with van der Waals surface area (Å²) in [5.41, 5.74) is 9.79. The summed E-state index contributed by atoms with van der Waals surface area (Å²) in [6, 6.07) is 5.92. The number of rotatable bonds is 3. The lowest BCUT2D eigenvalue weighted by atomic mass is 10.1. The number of hydrogen-bond acceptors (Lipinski definition) is 4. The Morgan fingerprint density at radius 2 is 2.00 bits per heavy atom. The van der Waals surface area contributed by atoms with Gasteiger partial charge < -0.3 is 10.5 Å². The summed E-state index contributed by atoms with van der Waals surface area (Å²) in [5, 5.41) is 0. The average Bonchev–Trinajstić information content (AvgIpc) is 2.37. The minimum absolute atomic E-state index is 0.0611. The normalized spacial score (nSPS) is 12.3. The molecular formula is C15H19N3O. The van der Waals surface area contributed by atoms with Crippen molar-refractivity contribution in [3.8, 4) is 17.1 Å². The van der Waals surface area contributed by atoms with Crippen molar-refractivity contribution in [2.45, 2.75) is 26.8 Å². The van der Waals surface area contributed by atoms with E-state index in [0.717, 1.165) is 28.1 Å². The van der Waals surface area contributed by atoms with Crippen LogP contribution in [0.1, 0.15) is 29.8 Å². The fourth-order valence-corrected chi connectivity index (χ4v) is 2.04. The first-order valence-electron chi connectivity index (χ1n) is 6.27. The second-order valence-corrected chi connectivity index (χ2v) is 4.73. The topological polar surface area (TPSA) is 61.0 Å². The Morgan fingerprint density at radius 3 is 2.58 bits per heavy atom. The third-order valence-corrected chi connectivity index (χ3v) is 3.11. The van der Waals surface area contributed by atoms with Crippen molar-refractivity contribution in [2.24, 2.45) is 5.73 Å². The zero-order chi connectivity index (χ0) is 14.0. The molecule has 0 radical (unpaired) electrons. The maximum absolute atomic E-state index is 5.87. The zero-order valence-corrected chi connectivity index (χ0v) is 11.8. The maximum atomic E-state index is 5.87. The molecule has 0 aliphatic rings. The molecule has 1 aromatic heterocycles. The van der Waals surface area contributed by atoms with Crippen LogP contribution in [0.3, 0.4) is 0 Å². The minimum Gasteiger partial charge on any atom is -0.496 e. The van der Waals surface area contributed by atoms with E-state index in [1.165, 1.54) is 0 Å². The minimum atomic E-state index is -0.0611. The number of aryl methyl sites for hydroxylation is 2. The molecule has 0 aliphatic carbocycles.